The van der Waals surface area contributed by atoms with Gasteiger partial charge in [-0.05, 0) is 49.7 Å². The number of fused-ring (bicyclic) bond motifs is 1. The lowest BCUT2D eigenvalue weighted by Crippen LogP contribution is -2.23. The van der Waals surface area contributed by atoms with Gasteiger partial charge in [-0.25, -0.2) is 4.98 Å². The zero-order chi connectivity index (χ0) is 24.2. The van der Waals surface area contributed by atoms with E-state index in [-0.39, 0.29) is 5.91 Å². The molecule has 0 aliphatic heterocycles. The molecule has 1 amide bonds. The van der Waals surface area contributed by atoms with E-state index in [1.54, 1.807) is 0 Å². The van der Waals surface area contributed by atoms with Crippen LogP contribution in [0.4, 0.5) is 0 Å². The van der Waals surface area contributed by atoms with E-state index in [1.165, 1.54) is 5.56 Å². The Hall–Kier alpha value is -4.45. The molecule has 6 nitrogen and oxygen atoms in total. The molecule has 0 bridgehead atoms. The van der Waals surface area contributed by atoms with Crippen molar-refractivity contribution in [1.29, 1.82) is 0 Å². The number of aryl methyl sites for hydroxylation is 1. The van der Waals surface area contributed by atoms with Gasteiger partial charge in [0.25, 0.3) is 5.91 Å². The highest BCUT2D eigenvalue weighted by Gasteiger charge is 2.20. The third-order valence-electron chi connectivity index (χ3n) is 5.87. The first-order valence-electron chi connectivity index (χ1n) is 11.6. The molecule has 0 saturated carbocycles. The van der Waals surface area contributed by atoms with E-state index in [0.717, 1.165) is 28.1 Å². The van der Waals surface area contributed by atoms with Crippen molar-refractivity contribution in [3.8, 4) is 28.3 Å². The third kappa shape index (κ3) is 4.77. The summed E-state index contributed by atoms with van der Waals surface area (Å²) in [4.78, 5) is 18.3. The van der Waals surface area contributed by atoms with Crippen LogP contribution in [-0.4, -0.2) is 27.7 Å². The molecule has 0 atom stereocenters. The number of ether oxygens (including phenoxy) is 1. The molecule has 174 valence electrons. The molecule has 0 spiro atoms. The van der Waals surface area contributed by atoms with Crippen LogP contribution in [0.15, 0.2) is 84.9 Å². The van der Waals surface area contributed by atoms with Crippen LogP contribution < -0.4 is 10.1 Å². The Balaban J connectivity index is 1.56. The van der Waals surface area contributed by atoms with E-state index in [1.807, 2.05) is 98.8 Å². The number of carbonyl (C=O) groups excluding carboxylic acids is 1. The number of amides is 1. The predicted octanol–water partition coefficient (Wildman–Crippen LogP) is 5.93. The van der Waals surface area contributed by atoms with Crippen LogP contribution in [0.25, 0.3) is 33.5 Å². The first kappa shape index (κ1) is 22.3. The lowest BCUT2D eigenvalue weighted by molar-refractivity contribution is 0.0952. The van der Waals surface area contributed by atoms with Gasteiger partial charge >= 0.3 is 0 Å². The number of pyridine rings is 1. The summed E-state index contributed by atoms with van der Waals surface area (Å²) in [6.45, 7) is 5.03. The number of benzene rings is 3. The number of nitrogens with zero attached hydrogens (tertiary/aromatic N) is 2. The maximum atomic E-state index is 13.5. The average Bonchev–Trinajstić information content (AvgIpc) is 3.33. The van der Waals surface area contributed by atoms with Crippen LogP contribution in [0.2, 0.25) is 0 Å². The van der Waals surface area contributed by atoms with E-state index in [4.69, 9.17) is 9.72 Å². The molecule has 0 aliphatic carbocycles. The van der Waals surface area contributed by atoms with Gasteiger partial charge in [-0.1, -0.05) is 60.2 Å². The molecule has 6 heteroatoms. The molecule has 0 saturated heterocycles. The largest absolute Gasteiger partial charge is 0.494 e. The summed E-state index contributed by atoms with van der Waals surface area (Å²) in [5, 5.41) is 11.3. The van der Waals surface area contributed by atoms with Gasteiger partial charge in [0.2, 0.25) is 0 Å². The topological polar surface area (TPSA) is 79.9 Å². The van der Waals surface area contributed by atoms with Crippen molar-refractivity contribution in [2.45, 2.75) is 20.4 Å². The maximum Gasteiger partial charge on any atom is 0.252 e. The first-order chi connectivity index (χ1) is 17.1. The van der Waals surface area contributed by atoms with Gasteiger partial charge in [0.1, 0.15) is 5.75 Å². The summed E-state index contributed by atoms with van der Waals surface area (Å²) in [6, 6.07) is 27.5. The Bertz CT molecular complexity index is 1460. The highest BCUT2D eigenvalue weighted by Crippen LogP contribution is 2.32. The van der Waals surface area contributed by atoms with Crippen molar-refractivity contribution in [1.82, 2.24) is 20.5 Å². The number of rotatable bonds is 7. The number of nitrogens with one attached hydrogen (secondary N) is 2. The zero-order valence-electron chi connectivity index (χ0n) is 19.7. The number of hydrogen-bond donors (Lipinski definition) is 2. The minimum atomic E-state index is -0.177. The molecule has 35 heavy (non-hydrogen) atoms. The molecule has 2 aromatic heterocycles. The number of aromatic nitrogens is 3. The second-order valence-electron chi connectivity index (χ2n) is 8.34. The SMILES string of the molecule is CCOc1ccc(-c2cc(C(=O)NCc3ccc(C)cc3)c3c(-c4ccccc4)[nH]nc3n2)cc1. The van der Waals surface area contributed by atoms with Crippen molar-refractivity contribution in [2.75, 3.05) is 6.61 Å². The highest BCUT2D eigenvalue weighted by atomic mass is 16.5. The second kappa shape index (κ2) is 9.81. The molecule has 0 fully saturated rings. The fourth-order valence-corrected chi connectivity index (χ4v) is 4.04. The quantitative estimate of drug-likeness (QED) is 0.314. The van der Waals surface area contributed by atoms with E-state index in [0.29, 0.717) is 35.4 Å². The lowest BCUT2D eigenvalue weighted by atomic mass is 10.0. The number of aromatic amines is 1. The average molecular weight is 463 g/mol. The Labute approximate surface area is 204 Å². The summed E-state index contributed by atoms with van der Waals surface area (Å²) in [6.07, 6.45) is 0. The van der Waals surface area contributed by atoms with Crippen LogP contribution in [0.5, 0.6) is 5.75 Å². The van der Waals surface area contributed by atoms with Crippen molar-refractivity contribution in [3.05, 3.63) is 102 Å². The standard InChI is InChI=1S/C29H26N4O2/c1-3-35-23-15-13-21(14-16-23)25-17-24(29(34)30-18-20-11-9-19(2)10-12-20)26-27(32-33-28(26)31-25)22-7-5-4-6-8-22/h4-17H,3,18H2,1-2H3,(H,30,34)(H,31,32,33). The van der Waals surface area contributed by atoms with Gasteiger partial charge in [0, 0.05) is 17.7 Å². The monoisotopic (exact) mass is 462 g/mol. The van der Waals surface area contributed by atoms with Gasteiger partial charge in [-0.2, -0.15) is 5.10 Å². The van der Waals surface area contributed by atoms with E-state index in [9.17, 15) is 4.79 Å². The molecule has 5 rings (SSSR count). The summed E-state index contributed by atoms with van der Waals surface area (Å²) < 4.78 is 5.56. The molecule has 0 radical (unpaired) electrons. The maximum absolute atomic E-state index is 13.5. The first-order valence-corrected chi connectivity index (χ1v) is 11.6. The molecule has 5 aromatic rings. The Morgan fingerprint density at radius 3 is 2.40 bits per heavy atom. The zero-order valence-corrected chi connectivity index (χ0v) is 19.7. The van der Waals surface area contributed by atoms with Gasteiger partial charge in [0.15, 0.2) is 5.65 Å². The second-order valence-corrected chi connectivity index (χ2v) is 8.34. The van der Waals surface area contributed by atoms with Crippen LogP contribution in [0.1, 0.15) is 28.4 Å². The number of hydrogen-bond acceptors (Lipinski definition) is 4. The minimum absolute atomic E-state index is 0.177. The van der Waals surface area contributed by atoms with Crippen LogP contribution in [-0.2, 0) is 6.54 Å². The summed E-state index contributed by atoms with van der Waals surface area (Å²) >= 11 is 0. The van der Waals surface area contributed by atoms with Gasteiger partial charge in [-0.3, -0.25) is 9.89 Å². The van der Waals surface area contributed by atoms with E-state index in [2.05, 4.69) is 15.5 Å². The molecule has 0 unspecified atom stereocenters. The molecular weight excluding hydrogens is 436 g/mol. The fourth-order valence-electron chi connectivity index (χ4n) is 4.04. The van der Waals surface area contributed by atoms with Crippen LogP contribution in [0, 0.1) is 6.92 Å². The third-order valence-corrected chi connectivity index (χ3v) is 5.87. The number of carbonyl (C=O) groups is 1. The Morgan fingerprint density at radius 1 is 0.943 bits per heavy atom. The summed E-state index contributed by atoms with van der Waals surface area (Å²) in [5.41, 5.74) is 6.51. The Kier molecular flexibility index (Phi) is 6.26. The van der Waals surface area contributed by atoms with Gasteiger partial charge < -0.3 is 10.1 Å². The highest BCUT2D eigenvalue weighted by molar-refractivity contribution is 6.10. The predicted molar refractivity (Wildman–Crippen MR) is 138 cm³/mol. The minimum Gasteiger partial charge on any atom is -0.494 e. The molecule has 2 N–H and O–H groups in total. The van der Waals surface area contributed by atoms with Crippen molar-refractivity contribution < 1.29 is 9.53 Å². The van der Waals surface area contributed by atoms with Crippen LogP contribution >= 0.6 is 0 Å². The molecular formula is C29H26N4O2. The molecule has 2 heterocycles. The molecule has 3 aromatic carbocycles. The van der Waals surface area contributed by atoms with Crippen LogP contribution in [0.3, 0.4) is 0 Å². The van der Waals surface area contributed by atoms with Crippen molar-refractivity contribution in [2.24, 2.45) is 0 Å². The van der Waals surface area contributed by atoms with E-state index < -0.39 is 0 Å². The lowest BCUT2D eigenvalue weighted by Gasteiger charge is -2.11. The van der Waals surface area contributed by atoms with Gasteiger partial charge in [0.05, 0.1) is 28.9 Å². The summed E-state index contributed by atoms with van der Waals surface area (Å²) in [7, 11) is 0. The number of H-pyrrole nitrogens is 1. The summed E-state index contributed by atoms with van der Waals surface area (Å²) in [5.74, 6) is 0.614. The molecule has 0 aliphatic rings. The van der Waals surface area contributed by atoms with Crippen molar-refractivity contribution in [3.63, 3.8) is 0 Å². The van der Waals surface area contributed by atoms with E-state index >= 15 is 0 Å². The smallest absolute Gasteiger partial charge is 0.252 e. The van der Waals surface area contributed by atoms with Gasteiger partial charge in [-0.15, -0.1) is 0 Å². The Morgan fingerprint density at radius 2 is 1.69 bits per heavy atom. The fraction of sp³-hybridized carbons (Fsp3) is 0.138. The normalized spacial score (nSPS) is 10.9. The van der Waals surface area contributed by atoms with Crippen molar-refractivity contribution >= 4 is 16.9 Å².